The number of hydrogen-bond acceptors (Lipinski definition) is 3. The molecule has 114 valence electrons. The standard InChI is InChI=1S/C17H21NOS.ClH/c1-17(12-13-18,14-8-4-3-5-9-14)19-15-10-6-7-11-16(15)20-2;/h3-11H,12-13,18H2,1-2H3;1H. The molecule has 0 aliphatic carbocycles. The number of rotatable bonds is 6. The van der Waals surface area contributed by atoms with Gasteiger partial charge in [0.2, 0.25) is 0 Å². The van der Waals surface area contributed by atoms with Crippen LogP contribution in [0, 0.1) is 0 Å². The lowest BCUT2D eigenvalue weighted by molar-refractivity contribution is 0.0763. The first-order valence-electron chi connectivity index (χ1n) is 6.77. The van der Waals surface area contributed by atoms with Crippen molar-refractivity contribution in [1.82, 2.24) is 0 Å². The quantitative estimate of drug-likeness (QED) is 0.796. The van der Waals surface area contributed by atoms with E-state index in [4.69, 9.17) is 10.5 Å². The average molecular weight is 324 g/mol. The van der Waals surface area contributed by atoms with Crippen LogP contribution >= 0.6 is 24.2 Å². The molecule has 1 atom stereocenters. The van der Waals surface area contributed by atoms with Crippen molar-refractivity contribution >= 4 is 24.2 Å². The first-order valence-corrected chi connectivity index (χ1v) is 8.00. The summed E-state index contributed by atoms with van der Waals surface area (Å²) in [6.45, 7) is 2.69. The molecule has 0 fully saturated rings. The van der Waals surface area contributed by atoms with Crippen molar-refractivity contribution in [3.8, 4) is 5.75 Å². The molecule has 0 saturated carbocycles. The lowest BCUT2D eigenvalue weighted by atomic mass is 9.92. The molecule has 4 heteroatoms. The predicted molar refractivity (Wildman–Crippen MR) is 93.6 cm³/mol. The molecular formula is C17H22ClNOS. The van der Waals surface area contributed by atoms with Gasteiger partial charge in [-0.3, -0.25) is 0 Å². The topological polar surface area (TPSA) is 35.2 Å². The van der Waals surface area contributed by atoms with E-state index in [0.29, 0.717) is 6.54 Å². The Morgan fingerprint density at radius 3 is 2.29 bits per heavy atom. The maximum Gasteiger partial charge on any atom is 0.134 e. The second-order valence-corrected chi connectivity index (χ2v) is 5.74. The molecule has 0 saturated heterocycles. The molecule has 0 spiro atoms. The summed E-state index contributed by atoms with van der Waals surface area (Å²) < 4.78 is 6.35. The van der Waals surface area contributed by atoms with Crippen molar-refractivity contribution in [3.63, 3.8) is 0 Å². The van der Waals surface area contributed by atoms with Gasteiger partial charge in [0.15, 0.2) is 0 Å². The van der Waals surface area contributed by atoms with Crippen LogP contribution in [0.25, 0.3) is 0 Å². The van der Waals surface area contributed by atoms with E-state index in [1.807, 2.05) is 36.4 Å². The molecule has 0 aliphatic rings. The van der Waals surface area contributed by atoms with E-state index in [9.17, 15) is 0 Å². The number of para-hydroxylation sites is 1. The number of ether oxygens (including phenoxy) is 1. The van der Waals surface area contributed by atoms with Crippen molar-refractivity contribution in [1.29, 1.82) is 0 Å². The van der Waals surface area contributed by atoms with Gasteiger partial charge in [-0.2, -0.15) is 0 Å². The van der Waals surface area contributed by atoms with Crippen LogP contribution in [0.2, 0.25) is 0 Å². The lowest BCUT2D eigenvalue weighted by Gasteiger charge is -2.31. The summed E-state index contributed by atoms with van der Waals surface area (Å²) in [4.78, 5) is 1.15. The van der Waals surface area contributed by atoms with Gasteiger partial charge in [0.05, 0.1) is 0 Å². The Bertz CT molecular complexity index is 549. The molecule has 0 radical (unpaired) electrons. The average Bonchev–Trinajstić information content (AvgIpc) is 2.49. The zero-order valence-electron chi connectivity index (χ0n) is 12.4. The molecule has 1 unspecified atom stereocenters. The highest BCUT2D eigenvalue weighted by Gasteiger charge is 2.28. The molecule has 0 aromatic heterocycles. The highest BCUT2D eigenvalue weighted by atomic mass is 35.5. The van der Waals surface area contributed by atoms with Crippen LogP contribution in [0.5, 0.6) is 5.75 Å². The van der Waals surface area contributed by atoms with Crippen LogP contribution in [0.3, 0.4) is 0 Å². The Morgan fingerprint density at radius 2 is 1.67 bits per heavy atom. The smallest absolute Gasteiger partial charge is 0.134 e. The zero-order valence-corrected chi connectivity index (χ0v) is 14.0. The normalized spacial score (nSPS) is 13.1. The van der Waals surface area contributed by atoms with E-state index >= 15 is 0 Å². The van der Waals surface area contributed by atoms with Crippen LogP contribution < -0.4 is 10.5 Å². The molecule has 21 heavy (non-hydrogen) atoms. The van der Waals surface area contributed by atoms with Crippen LogP contribution in [0.1, 0.15) is 18.9 Å². The summed E-state index contributed by atoms with van der Waals surface area (Å²) in [7, 11) is 0. The van der Waals surface area contributed by atoms with Crippen molar-refractivity contribution in [2.24, 2.45) is 5.73 Å². The van der Waals surface area contributed by atoms with Gasteiger partial charge >= 0.3 is 0 Å². The fourth-order valence-corrected chi connectivity index (χ4v) is 2.79. The van der Waals surface area contributed by atoms with Crippen LogP contribution in [0.15, 0.2) is 59.5 Å². The van der Waals surface area contributed by atoms with Gasteiger partial charge in [-0.05, 0) is 37.4 Å². The fraction of sp³-hybridized carbons (Fsp3) is 0.294. The molecular weight excluding hydrogens is 302 g/mol. The Morgan fingerprint density at radius 1 is 1.05 bits per heavy atom. The summed E-state index contributed by atoms with van der Waals surface area (Å²) in [6.07, 6.45) is 2.84. The third kappa shape index (κ3) is 4.40. The Kier molecular flexibility index (Phi) is 7.09. The van der Waals surface area contributed by atoms with Gasteiger partial charge in [0.1, 0.15) is 11.4 Å². The summed E-state index contributed by atoms with van der Waals surface area (Å²) in [5.41, 5.74) is 6.54. The van der Waals surface area contributed by atoms with E-state index in [0.717, 1.165) is 22.6 Å². The van der Waals surface area contributed by atoms with Gasteiger partial charge < -0.3 is 10.5 Å². The molecule has 0 bridgehead atoms. The van der Waals surface area contributed by atoms with Gasteiger partial charge in [-0.1, -0.05) is 42.5 Å². The monoisotopic (exact) mass is 323 g/mol. The minimum atomic E-state index is -0.401. The zero-order chi connectivity index (χ0) is 14.4. The Hall–Kier alpha value is -1.16. The molecule has 2 aromatic carbocycles. The number of hydrogen-bond donors (Lipinski definition) is 1. The molecule has 0 aliphatic heterocycles. The molecule has 2 nitrogen and oxygen atoms in total. The minimum Gasteiger partial charge on any atom is -0.482 e. The third-order valence-corrected chi connectivity index (χ3v) is 4.19. The van der Waals surface area contributed by atoms with Crippen LogP contribution in [0.4, 0.5) is 0 Å². The predicted octanol–water partition coefficient (Wildman–Crippen LogP) is 4.47. The Labute approximate surface area is 137 Å². The molecule has 0 heterocycles. The number of nitrogens with two attached hydrogens (primary N) is 1. The SMILES string of the molecule is CSc1ccccc1OC(C)(CCN)c1ccccc1.Cl. The van der Waals surface area contributed by atoms with E-state index in [-0.39, 0.29) is 12.4 Å². The fourth-order valence-electron chi connectivity index (χ4n) is 2.27. The van der Waals surface area contributed by atoms with Gasteiger partial charge in [-0.15, -0.1) is 24.2 Å². The Balaban J connectivity index is 0.00000220. The highest BCUT2D eigenvalue weighted by molar-refractivity contribution is 7.98. The van der Waals surface area contributed by atoms with Gasteiger partial charge in [-0.25, -0.2) is 0 Å². The summed E-state index contributed by atoms with van der Waals surface area (Å²) in [6, 6.07) is 18.4. The van der Waals surface area contributed by atoms with Gasteiger partial charge in [0.25, 0.3) is 0 Å². The summed E-state index contributed by atoms with van der Waals surface area (Å²) in [5, 5.41) is 0. The first kappa shape index (κ1) is 17.9. The van der Waals surface area contributed by atoms with E-state index in [1.165, 1.54) is 0 Å². The largest absolute Gasteiger partial charge is 0.482 e. The van der Waals surface area contributed by atoms with Crippen LogP contribution in [-0.4, -0.2) is 12.8 Å². The molecule has 2 rings (SSSR count). The van der Waals surface area contributed by atoms with Crippen molar-refractivity contribution in [2.45, 2.75) is 23.8 Å². The van der Waals surface area contributed by atoms with Crippen LogP contribution in [-0.2, 0) is 5.60 Å². The maximum atomic E-state index is 6.35. The minimum absolute atomic E-state index is 0. The summed E-state index contributed by atoms with van der Waals surface area (Å²) >= 11 is 1.69. The van der Waals surface area contributed by atoms with Crippen molar-refractivity contribution in [2.75, 3.05) is 12.8 Å². The number of benzene rings is 2. The third-order valence-electron chi connectivity index (χ3n) is 3.41. The van der Waals surface area contributed by atoms with Gasteiger partial charge in [0, 0.05) is 11.3 Å². The highest BCUT2D eigenvalue weighted by Crippen LogP contribution is 2.35. The second kappa shape index (κ2) is 8.32. The van der Waals surface area contributed by atoms with Crippen molar-refractivity contribution in [3.05, 3.63) is 60.2 Å². The number of halogens is 1. The lowest BCUT2D eigenvalue weighted by Crippen LogP contribution is -2.32. The van der Waals surface area contributed by atoms with Crippen molar-refractivity contribution < 1.29 is 4.74 Å². The summed E-state index contributed by atoms with van der Waals surface area (Å²) in [5.74, 6) is 0.916. The molecule has 0 amide bonds. The molecule has 2 N–H and O–H groups in total. The van der Waals surface area contributed by atoms with E-state index in [1.54, 1.807) is 11.8 Å². The first-order chi connectivity index (χ1) is 9.69. The maximum absolute atomic E-state index is 6.35. The van der Waals surface area contributed by atoms with E-state index in [2.05, 4.69) is 31.4 Å². The second-order valence-electron chi connectivity index (χ2n) is 4.89. The van der Waals surface area contributed by atoms with E-state index < -0.39 is 5.60 Å². The number of thioether (sulfide) groups is 1. The molecule has 2 aromatic rings.